The molecule has 138 valence electrons. The standard InChI is InChI=1S/C18H24F2N2O3/c1-21-8-3-6-18(17(23)24)7-9-22(11-15(18)21)10-12-14(25-2)5-4-13(19)16(12)20/h4-5,15H,3,6-11H2,1-2H3,(H,23,24)/t15-,18+/m1/s1. The van der Waals surface area contributed by atoms with Crippen LogP contribution in [0.3, 0.4) is 0 Å². The van der Waals surface area contributed by atoms with Crippen LogP contribution in [0.15, 0.2) is 12.1 Å². The molecule has 2 heterocycles. The zero-order valence-corrected chi connectivity index (χ0v) is 14.6. The zero-order chi connectivity index (χ0) is 18.2. The van der Waals surface area contributed by atoms with Gasteiger partial charge in [-0.15, -0.1) is 0 Å². The van der Waals surface area contributed by atoms with Crippen molar-refractivity contribution in [1.29, 1.82) is 0 Å². The Morgan fingerprint density at radius 3 is 2.80 bits per heavy atom. The summed E-state index contributed by atoms with van der Waals surface area (Å²) in [5, 5.41) is 9.81. The molecule has 2 aliphatic heterocycles. The van der Waals surface area contributed by atoms with E-state index in [0.29, 0.717) is 31.7 Å². The number of methoxy groups -OCH3 is 1. The van der Waals surface area contributed by atoms with Crippen molar-refractivity contribution < 1.29 is 23.4 Å². The second-order valence-corrected chi connectivity index (χ2v) is 7.09. The SMILES string of the molecule is COc1ccc(F)c(F)c1CN1CC[C@@]2(C(=O)O)CCCN(C)[C@@H]2C1. The van der Waals surface area contributed by atoms with Gasteiger partial charge in [-0.1, -0.05) is 0 Å². The van der Waals surface area contributed by atoms with Gasteiger partial charge in [-0.25, -0.2) is 8.78 Å². The molecule has 0 unspecified atom stereocenters. The van der Waals surface area contributed by atoms with E-state index in [4.69, 9.17) is 4.74 Å². The molecule has 1 aromatic carbocycles. The van der Waals surface area contributed by atoms with Crippen LogP contribution in [0, 0.1) is 17.0 Å². The predicted molar refractivity (Wildman–Crippen MR) is 88.5 cm³/mol. The summed E-state index contributed by atoms with van der Waals surface area (Å²) < 4.78 is 33.0. The number of benzene rings is 1. The van der Waals surface area contributed by atoms with Crippen LogP contribution >= 0.6 is 0 Å². The molecule has 0 aromatic heterocycles. The second kappa shape index (κ2) is 6.88. The zero-order valence-electron chi connectivity index (χ0n) is 14.6. The van der Waals surface area contributed by atoms with E-state index in [2.05, 4.69) is 4.90 Å². The highest BCUT2D eigenvalue weighted by atomic mass is 19.2. The molecule has 1 aromatic rings. The van der Waals surface area contributed by atoms with E-state index in [0.717, 1.165) is 19.0 Å². The Hall–Kier alpha value is -1.73. The van der Waals surface area contributed by atoms with Gasteiger partial charge in [0.15, 0.2) is 11.6 Å². The van der Waals surface area contributed by atoms with Crippen LogP contribution in [-0.4, -0.2) is 60.7 Å². The van der Waals surface area contributed by atoms with Crippen molar-refractivity contribution in [3.8, 4) is 5.75 Å². The third kappa shape index (κ3) is 3.11. The van der Waals surface area contributed by atoms with Crippen molar-refractivity contribution in [3.63, 3.8) is 0 Å². The van der Waals surface area contributed by atoms with Crippen molar-refractivity contribution in [2.24, 2.45) is 5.41 Å². The van der Waals surface area contributed by atoms with Gasteiger partial charge in [-0.2, -0.15) is 0 Å². The number of nitrogens with zero attached hydrogens (tertiary/aromatic N) is 2. The van der Waals surface area contributed by atoms with Crippen LogP contribution in [-0.2, 0) is 11.3 Å². The number of carboxylic acids is 1. The van der Waals surface area contributed by atoms with Crippen molar-refractivity contribution in [3.05, 3.63) is 29.3 Å². The minimum atomic E-state index is -0.900. The van der Waals surface area contributed by atoms with Crippen LogP contribution < -0.4 is 4.74 Å². The fourth-order valence-corrected chi connectivity index (χ4v) is 4.32. The van der Waals surface area contributed by atoms with Crippen molar-refractivity contribution in [2.45, 2.75) is 31.8 Å². The highest BCUT2D eigenvalue weighted by molar-refractivity contribution is 5.76. The first-order valence-electron chi connectivity index (χ1n) is 8.56. The topological polar surface area (TPSA) is 53.0 Å². The third-order valence-electron chi connectivity index (χ3n) is 5.79. The third-order valence-corrected chi connectivity index (χ3v) is 5.79. The van der Waals surface area contributed by atoms with E-state index in [1.54, 1.807) is 0 Å². The Kier molecular flexibility index (Phi) is 4.97. The Balaban J connectivity index is 1.83. The smallest absolute Gasteiger partial charge is 0.311 e. The largest absolute Gasteiger partial charge is 0.496 e. The first kappa shape index (κ1) is 18.1. The normalized spacial score (nSPS) is 27.8. The number of rotatable bonds is 4. The molecule has 25 heavy (non-hydrogen) atoms. The number of hydrogen-bond donors (Lipinski definition) is 1. The maximum Gasteiger partial charge on any atom is 0.311 e. The molecule has 3 rings (SSSR count). The van der Waals surface area contributed by atoms with Gasteiger partial charge in [0.25, 0.3) is 0 Å². The molecule has 0 spiro atoms. The van der Waals surface area contributed by atoms with Gasteiger partial charge >= 0.3 is 5.97 Å². The van der Waals surface area contributed by atoms with Gasteiger partial charge in [-0.05, 0) is 51.5 Å². The van der Waals surface area contributed by atoms with Crippen LogP contribution in [0.2, 0.25) is 0 Å². The second-order valence-electron chi connectivity index (χ2n) is 7.09. The first-order valence-corrected chi connectivity index (χ1v) is 8.56. The number of fused-ring (bicyclic) bond motifs is 1. The lowest BCUT2D eigenvalue weighted by molar-refractivity contribution is -0.162. The van der Waals surface area contributed by atoms with E-state index < -0.39 is 23.0 Å². The van der Waals surface area contributed by atoms with Gasteiger partial charge in [0, 0.05) is 24.7 Å². The molecule has 0 amide bonds. The van der Waals surface area contributed by atoms with Crippen molar-refractivity contribution in [1.82, 2.24) is 9.80 Å². The lowest BCUT2D eigenvalue weighted by Gasteiger charge is -2.51. The van der Waals surface area contributed by atoms with Crippen LogP contribution in [0.4, 0.5) is 8.78 Å². The number of ether oxygens (including phenoxy) is 1. The molecule has 0 radical (unpaired) electrons. The fraction of sp³-hybridized carbons (Fsp3) is 0.611. The Morgan fingerprint density at radius 2 is 2.12 bits per heavy atom. The van der Waals surface area contributed by atoms with Crippen LogP contribution in [0.5, 0.6) is 5.75 Å². The van der Waals surface area contributed by atoms with Gasteiger partial charge in [-0.3, -0.25) is 9.69 Å². The average molecular weight is 354 g/mol. The lowest BCUT2D eigenvalue weighted by Crippen LogP contribution is -2.62. The summed E-state index contributed by atoms with van der Waals surface area (Å²) in [6, 6.07) is 2.35. The molecule has 2 atom stereocenters. The summed E-state index contributed by atoms with van der Waals surface area (Å²) in [6.07, 6.45) is 2.05. The number of carbonyl (C=O) groups is 1. The quantitative estimate of drug-likeness (QED) is 0.900. The highest BCUT2D eigenvalue weighted by Crippen LogP contribution is 2.42. The summed E-state index contributed by atoms with van der Waals surface area (Å²) in [5.74, 6) is -2.24. The molecule has 7 heteroatoms. The van der Waals surface area contributed by atoms with Gasteiger partial charge in [0.05, 0.1) is 12.5 Å². The lowest BCUT2D eigenvalue weighted by atomic mass is 9.68. The van der Waals surface area contributed by atoms with E-state index in [1.807, 2.05) is 11.9 Å². The van der Waals surface area contributed by atoms with Crippen molar-refractivity contribution >= 4 is 5.97 Å². The summed E-state index contributed by atoms with van der Waals surface area (Å²) in [6.45, 7) is 2.11. The monoisotopic (exact) mass is 354 g/mol. The average Bonchev–Trinajstić information content (AvgIpc) is 2.60. The molecular formula is C18H24F2N2O3. The Labute approximate surface area is 146 Å². The Morgan fingerprint density at radius 1 is 1.36 bits per heavy atom. The molecule has 0 saturated carbocycles. The maximum absolute atomic E-state index is 14.2. The molecular weight excluding hydrogens is 330 g/mol. The number of likely N-dealkylation sites (N-methyl/N-ethyl adjacent to an activating group) is 1. The molecule has 0 aliphatic carbocycles. The maximum atomic E-state index is 14.2. The minimum absolute atomic E-state index is 0.130. The molecule has 2 aliphatic rings. The molecule has 1 N–H and O–H groups in total. The number of piperidine rings is 2. The summed E-state index contributed by atoms with van der Waals surface area (Å²) in [4.78, 5) is 16.0. The molecule has 2 saturated heterocycles. The highest BCUT2D eigenvalue weighted by Gasteiger charge is 2.52. The van der Waals surface area contributed by atoms with E-state index in [-0.39, 0.29) is 18.2 Å². The Bertz CT molecular complexity index is 670. The predicted octanol–water partition coefficient (Wildman–Crippen LogP) is 2.34. The van der Waals surface area contributed by atoms with Gasteiger partial charge in [0.2, 0.25) is 0 Å². The summed E-state index contributed by atoms with van der Waals surface area (Å²) >= 11 is 0. The fourth-order valence-electron chi connectivity index (χ4n) is 4.32. The van der Waals surface area contributed by atoms with Crippen LogP contribution in [0.25, 0.3) is 0 Å². The number of carboxylic acid groups (broad SMARTS) is 1. The van der Waals surface area contributed by atoms with E-state index in [1.165, 1.54) is 13.2 Å². The first-order chi connectivity index (χ1) is 11.9. The van der Waals surface area contributed by atoms with Gasteiger partial charge < -0.3 is 14.7 Å². The summed E-state index contributed by atoms with van der Waals surface area (Å²) in [5.41, 5.74) is -0.558. The van der Waals surface area contributed by atoms with E-state index in [9.17, 15) is 18.7 Å². The number of halogens is 2. The molecule has 0 bridgehead atoms. The minimum Gasteiger partial charge on any atom is -0.496 e. The number of likely N-dealkylation sites (tertiary alicyclic amines) is 2. The van der Waals surface area contributed by atoms with Gasteiger partial charge in [0.1, 0.15) is 5.75 Å². The molecule has 2 fully saturated rings. The summed E-state index contributed by atoms with van der Waals surface area (Å²) in [7, 11) is 3.37. The number of aliphatic carboxylic acids is 1. The molecule has 5 nitrogen and oxygen atoms in total. The van der Waals surface area contributed by atoms with Crippen molar-refractivity contribution in [2.75, 3.05) is 33.8 Å². The van der Waals surface area contributed by atoms with Crippen LogP contribution in [0.1, 0.15) is 24.8 Å². The number of hydrogen-bond acceptors (Lipinski definition) is 4. The van der Waals surface area contributed by atoms with E-state index >= 15 is 0 Å².